The molecule has 0 fully saturated rings. The third-order valence-corrected chi connectivity index (χ3v) is 3.69. The number of aryl methyl sites for hydroxylation is 2. The number of H-pyrrole nitrogens is 1. The normalized spacial score (nSPS) is 11.1. The van der Waals surface area contributed by atoms with Crippen LogP contribution in [0.25, 0.3) is 22.4 Å². The number of aromatic nitrogens is 2. The molecule has 0 amide bonds. The second kappa shape index (κ2) is 4.25. The molecule has 0 unspecified atom stereocenters. The van der Waals surface area contributed by atoms with Crippen molar-refractivity contribution in [3.63, 3.8) is 0 Å². The summed E-state index contributed by atoms with van der Waals surface area (Å²) >= 11 is 3.48. The van der Waals surface area contributed by atoms with Gasteiger partial charge in [-0.2, -0.15) is 0 Å². The fourth-order valence-corrected chi connectivity index (χ4v) is 2.44. The highest BCUT2D eigenvalue weighted by atomic mass is 79.9. The van der Waals surface area contributed by atoms with Crippen molar-refractivity contribution in [2.75, 3.05) is 0 Å². The first kappa shape index (κ1) is 11.5. The van der Waals surface area contributed by atoms with E-state index in [1.54, 1.807) is 0 Å². The average Bonchev–Trinajstić information content (AvgIpc) is 2.73. The van der Waals surface area contributed by atoms with Crippen molar-refractivity contribution in [3.8, 4) is 11.4 Å². The molecule has 90 valence electrons. The van der Waals surface area contributed by atoms with E-state index >= 15 is 0 Å². The Labute approximate surface area is 114 Å². The first-order chi connectivity index (χ1) is 8.63. The molecule has 0 atom stereocenters. The molecule has 0 spiro atoms. The van der Waals surface area contributed by atoms with Crippen LogP contribution in [0.15, 0.2) is 40.9 Å². The predicted octanol–water partition coefficient (Wildman–Crippen LogP) is 4.61. The highest BCUT2D eigenvalue weighted by molar-refractivity contribution is 9.10. The maximum atomic E-state index is 4.65. The van der Waals surface area contributed by atoms with Gasteiger partial charge in [-0.3, -0.25) is 0 Å². The Morgan fingerprint density at radius 1 is 1.06 bits per heavy atom. The predicted molar refractivity (Wildman–Crippen MR) is 78.7 cm³/mol. The van der Waals surface area contributed by atoms with E-state index in [9.17, 15) is 0 Å². The molecule has 2 nitrogen and oxygen atoms in total. The summed E-state index contributed by atoms with van der Waals surface area (Å²) in [7, 11) is 0. The van der Waals surface area contributed by atoms with Gasteiger partial charge in [0.2, 0.25) is 0 Å². The maximum absolute atomic E-state index is 4.65. The molecule has 0 aliphatic carbocycles. The lowest BCUT2D eigenvalue weighted by Crippen LogP contribution is -1.79. The standard InChI is InChI=1S/C15H13BrN2/c1-9-6-13-14(7-10(9)2)18-15(17-13)11-4-3-5-12(16)8-11/h3-8H,1-2H3,(H,17,18). The molecule has 3 rings (SSSR count). The summed E-state index contributed by atoms with van der Waals surface area (Å²) in [5.41, 5.74) is 5.76. The van der Waals surface area contributed by atoms with E-state index in [1.807, 2.05) is 12.1 Å². The van der Waals surface area contributed by atoms with Gasteiger partial charge in [0.05, 0.1) is 11.0 Å². The number of benzene rings is 2. The lowest BCUT2D eigenvalue weighted by molar-refractivity contribution is 1.33. The van der Waals surface area contributed by atoms with Crippen molar-refractivity contribution >= 4 is 27.0 Å². The van der Waals surface area contributed by atoms with E-state index in [-0.39, 0.29) is 0 Å². The number of imidazole rings is 1. The summed E-state index contributed by atoms with van der Waals surface area (Å²) < 4.78 is 1.06. The van der Waals surface area contributed by atoms with Crippen LogP contribution in [0.3, 0.4) is 0 Å². The summed E-state index contributed by atoms with van der Waals surface area (Å²) in [6.07, 6.45) is 0. The minimum absolute atomic E-state index is 0.913. The third kappa shape index (κ3) is 1.95. The molecule has 1 N–H and O–H groups in total. The Bertz CT molecular complexity index is 689. The molecule has 3 aromatic rings. The smallest absolute Gasteiger partial charge is 0.138 e. The monoisotopic (exact) mass is 300 g/mol. The van der Waals surface area contributed by atoms with Gasteiger partial charge in [-0.25, -0.2) is 4.98 Å². The Hall–Kier alpha value is -1.61. The van der Waals surface area contributed by atoms with E-state index < -0.39 is 0 Å². The number of halogens is 1. The Kier molecular flexibility index (Phi) is 2.71. The van der Waals surface area contributed by atoms with Gasteiger partial charge in [0.1, 0.15) is 5.82 Å². The lowest BCUT2D eigenvalue weighted by atomic mass is 10.1. The second-order valence-corrected chi connectivity index (χ2v) is 5.47. The average molecular weight is 301 g/mol. The zero-order valence-corrected chi connectivity index (χ0v) is 11.9. The zero-order valence-electron chi connectivity index (χ0n) is 10.3. The van der Waals surface area contributed by atoms with Crippen LogP contribution in [-0.4, -0.2) is 9.97 Å². The minimum atomic E-state index is 0.913. The van der Waals surface area contributed by atoms with Crippen LogP contribution < -0.4 is 0 Å². The molecule has 18 heavy (non-hydrogen) atoms. The quantitative estimate of drug-likeness (QED) is 0.698. The summed E-state index contributed by atoms with van der Waals surface area (Å²) in [6, 6.07) is 12.4. The number of nitrogens with one attached hydrogen (secondary N) is 1. The zero-order chi connectivity index (χ0) is 12.7. The fraction of sp³-hybridized carbons (Fsp3) is 0.133. The SMILES string of the molecule is Cc1cc2nc(-c3cccc(Br)c3)[nH]c2cc1C. The second-order valence-electron chi connectivity index (χ2n) is 4.55. The van der Waals surface area contributed by atoms with Crippen LogP contribution in [-0.2, 0) is 0 Å². The van der Waals surface area contributed by atoms with Crippen molar-refractivity contribution in [3.05, 3.63) is 52.0 Å². The molecule has 1 heterocycles. The van der Waals surface area contributed by atoms with E-state index in [2.05, 4.69) is 64.0 Å². The number of nitrogens with zero attached hydrogens (tertiary/aromatic N) is 1. The van der Waals surface area contributed by atoms with Gasteiger partial charge < -0.3 is 4.98 Å². The molecule has 3 heteroatoms. The number of rotatable bonds is 1. The van der Waals surface area contributed by atoms with Crippen molar-refractivity contribution in [1.82, 2.24) is 9.97 Å². The van der Waals surface area contributed by atoms with Gasteiger partial charge in [-0.1, -0.05) is 28.1 Å². The summed E-state index contributed by atoms with van der Waals surface area (Å²) in [5, 5.41) is 0. The highest BCUT2D eigenvalue weighted by Gasteiger charge is 2.06. The third-order valence-electron chi connectivity index (χ3n) is 3.20. The molecule has 0 bridgehead atoms. The van der Waals surface area contributed by atoms with Gasteiger partial charge in [0.15, 0.2) is 0 Å². The molecule has 1 aromatic heterocycles. The molecule has 0 aliphatic heterocycles. The summed E-state index contributed by atoms with van der Waals surface area (Å²) in [6.45, 7) is 4.23. The maximum Gasteiger partial charge on any atom is 0.138 e. The summed E-state index contributed by atoms with van der Waals surface area (Å²) in [4.78, 5) is 8.02. The van der Waals surface area contributed by atoms with Crippen LogP contribution in [0.1, 0.15) is 11.1 Å². The molecule has 2 aromatic carbocycles. The number of hydrogen-bond acceptors (Lipinski definition) is 1. The number of aromatic amines is 1. The van der Waals surface area contributed by atoms with Crippen LogP contribution in [0.5, 0.6) is 0 Å². The van der Waals surface area contributed by atoms with E-state index in [0.29, 0.717) is 0 Å². The van der Waals surface area contributed by atoms with Crippen LogP contribution in [0, 0.1) is 13.8 Å². The molecular formula is C15H13BrN2. The van der Waals surface area contributed by atoms with Gasteiger partial charge in [0, 0.05) is 10.0 Å². The highest BCUT2D eigenvalue weighted by Crippen LogP contribution is 2.24. The van der Waals surface area contributed by atoms with Crippen LogP contribution >= 0.6 is 15.9 Å². The largest absolute Gasteiger partial charge is 0.338 e. The van der Waals surface area contributed by atoms with Gasteiger partial charge in [-0.05, 0) is 49.2 Å². The Balaban J connectivity index is 2.19. The van der Waals surface area contributed by atoms with E-state index in [1.165, 1.54) is 11.1 Å². The Morgan fingerprint density at radius 2 is 1.83 bits per heavy atom. The lowest BCUT2D eigenvalue weighted by Gasteiger charge is -1.97. The van der Waals surface area contributed by atoms with Crippen LogP contribution in [0.4, 0.5) is 0 Å². The molecule has 0 saturated heterocycles. The minimum Gasteiger partial charge on any atom is -0.338 e. The van der Waals surface area contributed by atoms with Gasteiger partial charge in [0.25, 0.3) is 0 Å². The molecular weight excluding hydrogens is 288 g/mol. The van der Waals surface area contributed by atoms with Crippen molar-refractivity contribution < 1.29 is 0 Å². The van der Waals surface area contributed by atoms with Gasteiger partial charge >= 0.3 is 0 Å². The number of hydrogen-bond donors (Lipinski definition) is 1. The van der Waals surface area contributed by atoms with Crippen molar-refractivity contribution in [1.29, 1.82) is 0 Å². The van der Waals surface area contributed by atoms with Crippen LogP contribution in [0.2, 0.25) is 0 Å². The fourth-order valence-electron chi connectivity index (χ4n) is 2.04. The first-order valence-electron chi connectivity index (χ1n) is 5.86. The summed E-state index contributed by atoms with van der Waals surface area (Å²) in [5.74, 6) is 0.913. The topological polar surface area (TPSA) is 28.7 Å². The van der Waals surface area contributed by atoms with Crippen molar-refractivity contribution in [2.24, 2.45) is 0 Å². The molecule has 0 aliphatic rings. The molecule has 0 saturated carbocycles. The van der Waals surface area contributed by atoms with E-state index in [4.69, 9.17) is 0 Å². The first-order valence-corrected chi connectivity index (χ1v) is 6.66. The Morgan fingerprint density at radius 3 is 2.61 bits per heavy atom. The van der Waals surface area contributed by atoms with E-state index in [0.717, 1.165) is 26.9 Å². The number of fused-ring (bicyclic) bond motifs is 1. The van der Waals surface area contributed by atoms with Gasteiger partial charge in [-0.15, -0.1) is 0 Å². The molecule has 0 radical (unpaired) electrons. The van der Waals surface area contributed by atoms with Crippen molar-refractivity contribution in [2.45, 2.75) is 13.8 Å².